The van der Waals surface area contributed by atoms with Crippen LogP contribution in [0.2, 0.25) is 0 Å². The molecule has 1 heterocycles. The van der Waals surface area contributed by atoms with Gasteiger partial charge in [-0.3, -0.25) is 0 Å². The Morgan fingerprint density at radius 1 is 0.867 bits per heavy atom. The molecule has 3 rings (SSSR count). The number of benzene rings is 2. The number of hydrogen-bond donors (Lipinski definition) is 2. The smallest absolute Gasteiger partial charge is 0.311 e. The Morgan fingerprint density at radius 3 is 1.63 bits per heavy atom. The lowest BCUT2D eigenvalue weighted by Gasteiger charge is -2.41. The summed E-state index contributed by atoms with van der Waals surface area (Å²) in [4.78, 5) is 0. The van der Waals surface area contributed by atoms with Gasteiger partial charge in [0.1, 0.15) is 0 Å². The average Bonchev–Trinajstić information content (AvgIpc) is 3.11. The Kier molecular flexibility index (Phi) is 6.06. The van der Waals surface area contributed by atoms with Gasteiger partial charge in [0.15, 0.2) is 0 Å². The highest BCUT2D eigenvalue weighted by Gasteiger charge is 2.54. The van der Waals surface area contributed by atoms with Crippen LogP contribution in [0.15, 0.2) is 36.4 Å². The molecule has 1 fully saturated rings. The molecule has 0 aliphatic carbocycles. The van der Waals surface area contributed by atoms with Crippen molar-refractivity contribution in [2.24, 2.45) is 0 Å². The zero-order valence-corrected chi connectivity index (χ0v) is 18.3. The number of alkyl halides is 3. The molecule has 8 heteroatoms. The standard InChI is InChI=1S/C22H27F3N2O2S/c1-14-8-15(2)11-18(10-14)21(20-6-5-7-26-20,27-30(28,29)22(23,24)25)19-12-16(3)9-17(4)13-19/h8-13,20,26-27H,5-7H2,1-4H3. The largest absolute Gasteiger partial charge is 0.511 e. The molecule has 0 bridgehead atoms. The molecule has 1 saturated heterocycles. The molecular formula is C22H27F3N2O2S. The van der Waals surface area contributed by atoms with Gasteiger partial charge in [0.05, 0.1) is 5.54 Å². The van der Waals surface area contributed by atoms with E-state index in [1.54, 1.807) is 24.3 Å². The van der Waals surface area contributed by atoms with Crippen LogP contribution in [0.4, 0.5) is 13.2 Å². The molecular weight excluding hydrogens is 413 g/mol. The van der Waals surface area contributed by atoms with Crippen LogP contribution in [-0.2, 0) is 15.6 Å². The first kappa shape index (κ1) is 22.8. The van der Waals surface area contributed by atoms with E-state index in [0.29, 0.717) is 24.1 Å². The molecule has 30 heavy (non-hydrogen) atoms. The van der Waals surface area contributed by atoms with Gasteiger partial charge in [-0.15, -0.1) is 0 Å². The predicted octanol–water partition coefficient (Wildman–Crippen LogP) is 4.36. The number of hydrogen-bond acceptors (Lipinski definition) is 3. The maximum atomic E-state index is 13.5. The van der Waals surface area contributed by atoms with E-state index < -0.39 is 27.1 Å². The fourth-order valence-electron chi connectivity index (χ4n) is 4.49. The molecule has 2 N–H and O–H groups in total. The van der Waals surface area contributed by atoms with E-state index in [-0.39, 0.29) is 0 Å². The molecule has 1 unspecified atom stereocenters. The molecule has 0 aromatic heterocycles. The first-order valence-electron chi connectivity index (χ1n) is 9.86. The topological polar surface area (TPSA) is 58.2 Å². The van der Waals surface area contributed by atoms with Crippen LogP contribution in [0.3, 0.4) is 0 Å². The summed E-state index contributed by atoms with van der Waals surface area (Å²) in [5.41, 5.74) is -2.63. The van der Waals surface area contributed by atoms with Crippen molar-refractivity contribution in [3.8, 4) is 0 Å². The van der Waals surface area contributed by atoms with Crippen molar-refractivity contribution in [1.29, 1.82) is 0 Å². The fourth-order valence-corrected chi connectivity index (χ4v) is 5.40. The van der Waals surface area contributed by atoms with E-state index in [9.17, 15) is 21.6 Å². The molecule has 1 aliphatic heterocycles. The summed E-state index contributed by atoms with van der Waals surface area (Å²) in [5, 5.41) is 3.25. The molecule has 0 spiro atoms. The number of nitrogens with one attached hydrogen (secondary N) is 2. The first-order valence-corrected chi connectivity index (χ1v) is 11.3. The van der Waals surface area contributed by atoms with Gasteiger partial charge < -0.3 is 5.32 Å². The summed E-state index contributed by atoms with van der Waals surface area (Å²) in [6.45, 7) is 8.01. The zero-order valence-electron chi connectivity index (χ0n) is 17.5. The molecule has 4 nitrogen and oxygen atoms in total. The Morgan fingerprint density at radius 2 is 1.30 bits per heavy atom. The summed E-state index contributed by atoms with van der Waals surface area (Å²) >= 11 is 0. The summed E-state index contributed by atoms with van der Waals surface area (Å²) in [6.07, 6.45) is 1.29. The maximum Gasteiger partial charge on any atom is 0.511 e. The van der Waals surface area contributed by atoms with Gasteiger partial charge in [0, 0.05) is 6.04 Å². The van der Waals surface area contributed by atoms with Crippen molar-refractivity contribution in [2.75, 3.05) is 6.54 Å². The Labute approximate surface area is 175 Å². The van der Waals surface area contributed by atoms with Crippen molar-refractivity contribution in [2.45, 2.75) is 57.6 Å². The van der Waals surface area contributed by atoms with E-state index in [4.69, 9.17) is 0 Å². The summed E-state index contributed by atoms with van der Waals surface area (Å²) < 4.78 is 67.6. The van der Waals surface area contributed by atoms with Gasteiger partial charge in [0.2, 0.25) is 0 Å². The van der Waals surface area contributed by atoms with Crippen molar-refractivity contribution in [1.82, 2.24) is 10.0 Å². The molecule has 0 saturated carbocycles. The summed E-state index contributed by atoms with van der Waals surface area (Å²) in [7, 11) is -5.63. The summed E-state index contributed by atoms with van der Waals surface area (Å²) in [6, 6.07) is 10.4. The number of aryl methyl sites for hydroxylation is 4. The van der Waals surface area contributed by atoms with E-state index in [1.165, 1.54) is 0 Å². The molecule has 0 amide bonds. The minimum atomic E-state index is -5.63. The van der Waals surface area contributed by atoms with Crippen molar-refractivity contribution in [3.63, 3.8) is 0 Å². The van der Waals surface area contributed by atoms with Gasteiger partial charge >= 0.3 is 15.5 Å². The van der Waals surface area contributed by atoms with Crippen LogP contribution in [0.5, 0.6) is 0 Å². The van der Waals surface area contributed by atoms with Gasteiger partial charge in [-0.25, -0.2) is 8.42 Å². The van der Waals surface area contributed by atoms with E-state index in [0.717, 1.165) is 28.7 Å². The minimum Gasteiger partial charge on any atom is -0.311 e. The SMILES string of the molecule is Cc1cc(C)cc(C(NS(=O)(=O)C(F)(F)F)(c2cc(C)cc(C)c2)C2CCCN2)c1. The monoisotopic (exact) mass is 440 g/mol. The first-order chi connectivity index (χ1) is 13.8. The quantitative estimate of drug-likeness (QED) is 0.727. The lowest BCUT2D eigenvalue weighted by molar-refractivity contribution is -0.0457. The number of halogens is 3. The lowest BCUT2D eigenvalue weighted by Crippen LogP contribution is -2.60. The van der Waals surface area contributed by atoms with Crippen molar-refractivity contribution < 1.29 is 21.6 Å². The van der Waals surface area contributed by atoms with Crippen LogP contribution in [0.25, 0.3) is 0 Å². The van der Waals surface area contributed by atoms with Crippen molar-refractivity contribution >= 4 is 10.0 Å². The Bertz CT molecular complexity index is 951. The second-order valence-corrected chi connectivity index (χ2v) is 9.93. The normalized spacial score (nSPS) is 18.0. The Hall–Kier alpha value is -1.90. The summed E-state index contributed by atoms with van der Waals surface area (Å²) in [5.74, 6) is 0. The molecule has 1 atom stereocenters. The van der Waals surface area contributed by atoms with Crippen molar-refractivity contribution in [3.05, 3.63) is 69.8 Å². The predicted molar refractivity (Wildman–Crippen MR) is 112 cm³/mol. The van der Waals surface area contributed by atoms with Crippen LogP contribution in [0.1, 0.15) is 46.2 Å². The molecule has 2 aromatic carbocycles. The van der Waals surface area contributed by atoms with E-state index in [2.05, 4.69) is 10.0 Å². The van der Waals surface area contributed by atoms with Gasteiger partial charge in [-0.05, 0) is 58.2 Å². The zero-order chi connectivity index (χ0) is 22.3. The maximum absolute atomic E-state index is 13.5. The van der Waals surface area contributed by atoms with Gasteiger partial charge in [-0.1, -0.05) is 58.7 Å². The highest BCUT2D eigenvalue weighted by atomic mass is 32.2. The average molecular weight is 441 g/mol. The molecule has 0 radical (unpaired) electrons. The fraction of sp³-hybridized carbons (Fsp3) is 0.455. The van der Waals surface area contributed by atoms with E-state index >= 15 is 0 Å². The highest BCUT2D eigenvalue weighted by molar-refractivity contribution is 7.90. The van der Waals surface area contributed by atoms with E-state index in [1.807, 2.05) is 39.8 Å². The second kappa shape index (κ2) is 7.98. The van der Waals surface area contributed by atoms with Gasteiger partial charge in [-0.2, -0.15) is 17.9 Å². The van der Waals surface area contributed by atoms with Crippen LogP contribution < -0.4 is 10.0 Å². The van der Waals surface area contributed by atoms with Crippen LogP contribution >= 0.6 is 0 Å². The minimum absolute atomic E-state index is 0.497. The highest BCUT2D eigenvalue weighted by Crippen LogP contribution is 2.41. The molecule has 1 aliphatic rings. The number of sulfonamides is 1. The molecule has 2 aromatic rings. The van der Waals surface area contributed by atoms with Crippen LogP contribution in [0, 0.1) is 27.7 Å². The second-order valence-electron chi connectivity index (χ2n) is 8.26. The van der Waals surface area contributed by atoms with Gasteiger partial charge in [0.25, 0.3) is 0 Å². The lowest BCUT2D eigenvalue weighted by atomic mass is 9.75. The third-order valence-corrected chi connectivity index (χ3v) is 6.74. The van der Waals surface area contributed by atoms with Crippen LogP contribution in [-0.4, -0.2) is 26.5 Å². The number of rotatable bonds is 5. The third-order valence-electron chi connectivity index (χ3n) is 5.54. The Balaban J connectivity index is 2.39. The molecule has 164 valence electrons. The third kappa shape index (κ3) is 4.26.